The van der Waals surface area contributed by atoms with E-state index in [-0.39, 0.29) is 0 Å². The highest BCUT2D eigenvalue weighted by Gasteiger charge is 2.35. The maximum atomic E-state index is 5.83. The normalized spacial score (nSPS) is 27.6. The van der Waals surface area contributed by atoms with Crippen molar-refractivity contribution in [1.82, 2.24) is 10.2 Å². The van der Waals surface area contributed by atoms with Gasteiger partial charge >= 0.3 is 0 Å². The van der Waals surface area contributed by atoms with Crippen LogP contribution >= 0.6 is 0 Å². The second kappa shape index (κ2) is 8.32. The second-order valence-electron chi connectivity index (χ2n) is 6.35. The Morgan fingerprint density at radius 2 is 2.10 bits per heavy atom. The van der Waals surface area contributed by atoms with Crippen molar-refractivity contribution in [2.24, 2.45) is 5.41 Å². The Hall–Kier alpha value is -0.160. The van der Waals surface area contributed by atoms with Crippen molar-refractivity contribution in [2.45, 2.75) is 45.6 Å². The van der Waals surface area contributed by atoms with Crippen molar-refractivity contribution >= 4 is 0 Å². The number of ether oxygens (including phenoxy) is 2. The molecule has 1 unspecified atom stereocenters. The molecule has 20 heavy (non-hydrogen) atoms. The molecule has 2 aliphatic heterocycles. The van der Waals surface area contributed by atoms with E-state index in [0.717, 1.165) is 39.5 Å². The van der Waals surface area contributed by atoms with Gasteiger partial charge in [0.2, 0.25) is 0 Å². The highest BCUT2D eigenvalue weighted by atomic mass is 16.5. The number of hydrogen-bond acceptors (Lipinski definition) is 4. The molecule has 0 aliphatic carbocycles. The van der Waals surface area contributed by atoms with Gasteiger partial charge in [-0.05, 0) is 51.1 Å². The van der Waals surface area contributed by atoms with Gasteiger partial charge < -0.3 is 19.7 Å². The van der Waals surface area contributed by atoms with Gasteiger partial charge in [0, 0.05) is 39.5 Å². The quantitative estimate of drug-likeness (QED) is 0.774. The molecule has 1 N–H and O–H groups in total. The average Bonchev–Trinajstić information content (AvgIpc) is 2.47. The van der Waals surface area contributed by atoms with Crippen LogP contribution in [0, 0.1) is 5.41 Å². The van der Waals surface area contributed by atoms with Crippen LogP contribution in [0.3, 0.4) is 0 Å². The van der Waals surface area contributed by atoms with Crippen LogP contribution in [-0.2, 0) is 9.47 Å². The van der Waals surface area contributed by atoms with Crippen molar-refractivity contribution in [3.63, 3.8) is 0 Å². The summed E-state index contributed by atoms with van der Waals surface area (Å²) < 4.78 is 11.4. The minimum Gasteiger partial charge on any atom is -0.381 e. The largest absolute Gasteiger partial charge is 0.381 e. The molecule has 0 bridgehead atoms. The van der Waals surface area contributed by atoms with Gasteiger partial charge in [0.1, 0.15) is 0 Å². The third kappa shape index (κ3) is 4.69. The highest BCUT2D eigenvalue weighted by molar-refractivity contribution is 4.89. The standard InChI is InChI=1S/C16H32N2O2/c1-3-17-13-16(7-10-19-11-8-16)14-18-9-5-6-15(12-18)20-4-2/h15,17H,3-14H2,1-2H3. The van der Waals surface area contributed by atoms with E-state index in [1.807, 2.05) is 0 Å². The lowest BCUT2D eigenvalue weighted by Crippen LogP contribution is -2.50. The van der Waals surface area contributed by atoms with E-state index in [1.54, 1.807) is 0 Å². The van der Waals surface area contributed by atoms with Gasteiger partial charge in [0.25, 0.3) is 0 Å². The highest BCUT2D eigenvalue weighted by Crippen LogP contribution is 2.32. The third-order valence-corrected chi connectivity index (χ3v) is 4.73. The maximum absolute atomic E-state index is 5.83. The summed E-state index contributed by atoms with van der Waals surface area (Å²) in [5.74, 6) is 0. The van der Waals surface area contributed by atoms with Gasteiger partial charge in [-0.15, -0.1) is 0 Å². The smallest absolute Gasteiger partial charge is 0.0702 e. The van der Waals surface area contributed by atoms with Crippen LogP contribution < -0.4 is 5.32 Å². The van der Waals surface area contributed by atoms with E-state index < -0.39 is 0 Å². The Morgan fingerprint density at radius 1 is 1.30 bits per heavy atom. The summed E-state index contributed by atoms with van der Waals surface area (Å²) in [7, 11) is 0. The SMILES string of the molecule is CCNCC1(CN2CCCC(OCC)C2)CCOCC1. The minimum absolute atomic E-state index is 0.405. The van der Waals surface area contributed by atoms with E-state index >= 15 is 0 Å². The first-order valence-corrected chi connectivity index (χ1v) is 8.40. The lowest BCUT2D eigenvalue weighted by molar-refractivity contribution is -0.0348. The number of nitrogens with one attached hydrogen (secondary N) is 1. The first-order chi connectivity index (χ1) is 9.78. The molecule has 118 valence electrons. The molecule has 2 rings (SSSR count). The van der Waals surface area contributed by atoms with Gasteiger partial charge in [-0.25, -0.2) is 0 Å². The van der Waals surface area contributed by atoms with Crippen molar-refractivity contribution < 1.29 is 9.47 Å². The van der Waals surface area contributed by atoms with Gasteiger partial charge in [0.15, 0.2) is 0 Å². The van der Waals surface area contributed by atoms with Crippen LogP contribution in [0.5, 0.6) is 0 Å². The summed E-state index contributed by atoms with van der Waals surface area (Å²) in [6, 6.07) is 0. The molecule has 0 spiro atoms. The Labute approximate surface area is 124 Å². The number of hydrogen-bond donors (Lipinski definition) is 1. The van der Waals surface area contributed by atoms with E-state index in [4.69, 9.17) is 9.47 Å². The molecule has 0 aromatic heterocycles. The Kier molecular flexibility index (Phi) is 6.75. The zero-order valence-corrected chi connectivity index (χ0v) is 13.3. The summed E-state index contributed by atoms with van der Waals surface area (Å²) in [4.78, 5) is 2.63. The molecule has 2 aliphatic rings. The van der Waals surface area contributed by atoms with Gasteiger partial charge in [-0.3, -0.25) is 0 Å². The average molecular weight is 284 g/mol. The van der Waals surface area contributed by atoms with Crippen LogP contribution in [0.15, 0.2) is 0 Å². The Balaban J connectivity index is 1.89. The van der Waals surface area contributed by atoms with Crippen LogP contribution in [0.1, 0.15) is 39.5 Å². The van der Waals surface area contributed by atoms with Crippen LogP contribution in [0.25, 0.3) is 0 Å². The lowest BCUT2D eigenvalue weighted by atomic mass is 9.79. The van der Waals surface area contributed by atoms with Crippen molar-refractivity contribution in [3.8, 4) is 0 Å². The predicted molar refractivity (Wildman–Crippen MR) is 82.1 cm³/mol. The number of rotatable bonds is 7. The van der Waals surface area contributed by atoms with Gasteiger partial charge in [-0.2, -0.15) is 0 Å². The van der Waals surface area contributed by atoms with E-state index in [1.165, 1.54) is 38.8 Å². The Morgan fingerprint density at radius 3 is 2.80 bits per heavy atom. The fourth-order valence-corrected chi connectivity index (χ4v) is 3.59. The first-order valence-electron chi connectivity index (χ1n) is 8.40. The van der Waals surface area contributed by atoms with Crippen molar-refractivity contribution in [1.29, 1.82) is 0 Å². The molecule has 4 heteroatoms. The summed E-state index contributed by atoms with van der Waals surface area (Å²) in [5, 5.41) is 3.57. The van der Waals surface area contributed by atoms with Crippen LogP contribution in [-0.4, -0.2) is 63.5 Å². The fourth-order valence-electron chi connectivity index (χ4n) is 3.59. The van der Waals surface area contributed by atoms with Crippen molar-refractivity contribution in [2.75, 3.05) is 52.5 Å². The van der Waals surface area contributed by atoms with E-state index in [9.17, 15) is 0 Å². The minimum atomic E-state index is 0.405. The van der Waals surface area contributed by atoms with Gasteiger partial charge in [-0.1, -0.05) is 6.92 Å². The van der Waals surface area contributed by atoms with Crippen molar-refractivity contribution in [3.05, 3.63) is 0 Å². The summed E-state index contributed by atoms with van der Waals surface area (Å²) in [6.45, 7) is 12.7. The Bertz CT molecular complexity index is 265. The monoisotopic (exact) mass is 284 g/mol. The van der Waals surface area contributed by atoms with Crippen LogP contribution in [0.4, 0.5) is 0 Å². The first kappa shape index (κ1) is 16.2. The molecular formula is C16H32N2O2. The van der Waals surface area contributed by atoms with E-state index in [0.29, 0.717) is 11.5 Å². The molecule has 0 aromatic carbocycles. The lowest BCUT2D eigenvalue weighted by Gasteiger charge is -2.43. The predicted octanol–water partition coefficient (Wildman–Crippen LogP) is 1.89. The second-order valence-corrected chi connectivity index (χ2v) is 6.35. The molecule has 1 atom stereocenters. The fraction of sp³-hybridized carbons (Fsp3) is 1.00. The third-order valence-electron chi connectivity index (χ3n) is 4.73. The molecular weight excluding hydrogens is 252 g/mol. The summed E-state index contributed by atoms with van der Waals surface area (Å²) >= 11 is 0. The molecule has 2 heterocycles. The molecule has 0 aromatic rings. The molecule has 0 saturated carbocycles. The summed E-state index contributed by atoms with van der Waals surface area (Å²) in [6.07, 6.45) is 5.34. The molecule has 0 amide bonds. The molecule has 2 saturated heterocycles. The zero-order valence-electron chi connectivity index (χ0n) is 13.3. The molecule has 2 fully saturated rings. The number of likely N-dealkylation sites (tertiary alicyclic amines) is 1. The van der Waals surface area contributed by atoms with E-state index in [2.05, 4.69) is 24.1 Å². The van der Waals surface area contributed by atoms with Crippen LogP contribution in [0.2, 0.25) is 0 Å². The zero-order chi connectivity index (χ0) is 14.3. The molecule has 0 radical (unpaired) electrons. The molecule has 4 nitrogen and oxygen atoms in total. The number of piperidine rings is 1. The number of nitrogens with zero attached hydrogens (tertiary/aromatic N) is 1. The maximum Gasteiger partial charge on any atom is 0.0702 e. The topological polar surface area (TPSA) is 33.7 Å². The summed E-state index contributed by atoms with van der Waals surface area (Å²) in [5.41, 5.74) is 0.405. The van der Waals surface area contributed by atoms with Gasteiger partial charge in [0.05, 0.1) is 6.10 Å².